The molecular weight excluding hydrogens is 394 g/mol. The van der Waals surface area contributed by atoms with Crippen molar-refractivity contribution in [2.45, 2.75) is 38.3 Å². The molecule has 2 aromatic rings. The van der Waals surface area contributed by atoms with E-state index in [1.54, 1.807) is 13.8 Å². The Morgan fingerprint density at radius 3 is 2.45 bits per heavy atom. The molecule has 0 aromatic heterocycles. The molecule has 1 heterocycles. The molecule has 7 heteroatoms. The predicted octanol–water partition coefficient (Wildman–Crippen LogP) is 3.65. The van der Waals surface area contributed by atoms with E-state index in [9.17, 15) is 17.8 Å². The first-order valence-electron chi connectivity index (χ1n) is 9.61. The number of carbonyl (C=O) groups is 1. The molecule has 1 amide bonds. The Morgan fingerprint density at radius 1 is 1.17 bits per heavy atom. The fourth-order valence-electron chi connectivity index (χ4n) is 3.80. The lowest BCUT2D eigenvalue weighted by Crippen LogP contribution is -2.51. The first-order valence-corrected chi connectivity index (χ1v) is 11.2. The zero-order valence-electron chi connectivity index (χ0n) is 16.8. The average molecular weight is 421 g/mol. The van der Waals surface area contributed by atoms with Crippen LogP contribution in [0.3, 0.4) is 0 Å². The Labute approximate surface area is 172 Å². The summed E-state index contributed by atoms with van der Waals surface area (Å²) in [5.74, 6) is -3.87. The number of benzene rings is 2. The minimum atomic E-state index is -3.15. The van der Waals surface area contributed by atoms with Gasteiger partial charge in [0.25, 0.3) is 5.92 Å². The molecule has 1 unspecified atom stereocenters. The van der Waals surface area contributed by atoms with E-state index in [-0.39, 0.29) is 12.3 Å². The molecular formula is C22H26F2N2O2S. The second-order valence-corrected chi connectivity index (χ2v) is 8.91. The van der Waals surface area contributed by atoms with Crippen LogP contribution in [0.15, 0.2) is 54.6 Å². The number of halogens is 2. The SMILES string of the molecule is CC(C)C(=O)N1CC(F)(F)[C@H](NS(C)=O)[C@@H]1Cc1cccc(-c2ccccc2)c1. The molecule has 29 heavy (non-hydrogen) atoms. The van der Waals surface area contributed by atoms with Gasteiger partial charge in [0.1, 0.15) is 6.04 Å². The number of carbonyl (C=O) groups excluding carboxylic acids is 1. The standard InChI is InChI=1S/C22H26F2N2O2S/c1-15(2)21(27)26-14-22(23,24)20(25-29(3)28)19(26)13-16-8-7-11-18(12-16)17-9-5-4-6-10-17/h4-12,15,19-20,25H,13-14H2,1-3H3/t19-,20+,29?/m0/s1. The Morgan fingerprint density at radius 2 is 1.83 bits per heavy atom. The van der Waals surface area contributed by atoms with Crippen LogP contribution in [0, 0.1) is 5.92 Å². The van der Waals surface area contributed by atoms with E-state index in [1.807, 2.05) is 54.6 Å². The van der Waals surface area contributed by atoms with Crippen molar-refractivity contribution >= 4 is 16.9 Å². The second kappa shape index (κ2) is 8.71. The second-order valence-electron chi connectivity index (χ2n) is 7.77. The number of hydrogen-bond donors (Lipinski definition) is 1. The first kappa shape index (κ1) is 21.6. The third-order valence-electron chi connectivity index (χ3n) is 5.17. The monoisotopic (exact) mass is 420 g/mol. The summed E-state index contributed by atoms with van der Waals surface area (Å²) >= 11 is 0. The summed E-state index contributed by atoms with van der Waals surface area (Å²) in [7, 11) is -1.62. The van der Waals surface area contributed by atoms with Gasteiger partial charge in [-0.1, -0.05) is 68.4 Å². The molecule has 0 aliphatic carbocycles. The number of nitrogens with one attached hydrogen (secondary N) is 1. The quantitative estimate of drug-likeness (QED) is 0.776. The van der Waals surface area contributed by atoms with Crippen molar-refractivity contribution < 1.29 is 17.8 Å². The molecule has 1 aliphatic rings. The van der Waals surface area contributed by atoms with Crippen LogP contribution in [-0.2, 0) is 22.2 Å². The lowest BCUT2D eigenvalue weighted by Gasteiger charge is -2.29. The third kappa shape index (κ3) is 4.90. The van der Waals surface area contributed by atoms with E-state index in [0.29, 0.717) is 0 Å². The van der Waals surface area contributed by atoms with E-state index in [0.717, 1.165) is 16.7 Å². The molecule has 156 valence electrons. The number of amides is 1. The van der Waals surface area contributed by atoms with E-state index < -0.39 is 41.5 Å². The highest BCUT2D eigenvalue weighted by Crippen LogP contribution is 2.36. The third-order valence-corrected chi connectivity index (χ3v) is 5.76. The van der Waals surface area contributed by atoms with Gasteiger partial charge in [-0.25, -0.2) is 17.7 Å². The van der Waals surface area contributed by atoms with Gasteiger partial charge < -0.3 is 4.90 Å². The highest BCUT2D eigenvalue weighted by atomic mass is 32.2. The maximum atomic E-state index is 14.7. The molecule has 1 saturated heterocycles. The molecule has 3 atom stereocenters. The van der Waals surface area contributed by atoms with E-state index in [1.165, 1.54) is 11.2 Å². The predicted molar refractivity (Wildman–Crippen MR) is 112 cm³/mol. The van der Waals surface area contributed by atoms with Gasteiger partial charge in [-0.05, 0) is 23.1 Å². The smallest absolute Gasteiger partial charge is 0.283 e. The Balaban J connectivity index is 1.94. The molecule has 0 spiro atoms. The summed E-state index contributed by atoms with van der Waals surface area (Å²) in [5, 5.41) is 0. The van der Waals surface area contributed by atoms with Crippen LogP contribution in [0.25, 0.3) is 11.1 Å². The number of likely N-dealkylation sites (tertiary alicyclic amines) is 1. The largest absolute Gasteiger partial charge is 0.331 e. The highest BCUT2D eigenvalue weighted by Gasteiger charge is 2.56. The molecule has 3 rings (SSSR count). The maximum Gasteiger partial charge on any atom is 0.283 e. The molecule has 1 aliphatic heterocycles. The maximum absolute atomic E-state index is 14.7. The summed E-state index contributed by atoms with van der Waals surface area (Å²) in [6.45, 7) is 2.74. The normalized spacial score (nSPS) is 22.1. The van der Waals surface area contributed by atoms with Crippen molar-refractivity contribution in [1.29, 1.82) is 0 Å². The molecule has 2 aromatic carbocycles. The molecule has 0 saturated carbocycles. The van der Waals surface area contributed by atoms with E-state index in [2.05, 4.69) is 4.72 Å². The number of rotatable bonds is 6. The number of hydrogen-bond acceptors (Lipinski definition) is 2. The summed E-state index contributed by atoms with van der Waals surface area (Å²) in [6, 6.07) is 15.3. The summed E-state index contributed by atoms with van der Waals surface area (Å²) in [5.41, 5.74) is 2.87. The van der Waals surface area contributed by atoms with Gasteiger partial charge in [0, 0.05) is 12.2 Å². The fourth-order valence-corrected chi connectivity index (χ4v) is 4.49. The zero-order valence-corrected chi connectivity index (χ0v) is 17.6. The lowest BCUT2D eigenvalue weighted by molar-refractivity contribution is -0.136. The van der Waals surface area contributed by atoms with Crippen LogP contribution >= 0.6 is 0 Å². The Hall–Kier alpha value is -2.12. The van der Waals surface area contributed by atoms with Gasteiger partial charge in [0.2, 0.25) is 5.91 Å². The van der Waals surface area contributed by atoms with Crippen LogP contribution in [-0.4, -0.2) is 45.8 Å². The highest BCUT2D eigenvalue weighted by molar-refractivity contribution is 7.82. The van der Waals surface area contributed by atoms with E-state index >= 15 is 0 Å². The van der Waals surface area contributed by atoms with E-state index in [4.69, 9.17) is 0 Å². The van der Waals surface area contributed by atoms with Gasteiger partial charge in [0.05, 0.1) is 23.6 Å². The number of nitrogens with zero attached hydrogens (tertiary/aromatic N) is 1. The van der Waals surface area contributed by atoms with Gasteiger partial charge >= 0.3 is 0 Å². The molecule has 1 fully saturated rings. The molecule has 0 radical (unpaired) electrons. The van der Waals surface area contributed by atoms with Gasteiger partial charge in [0.15, 0.2) is 0 Å². The van der Waals surface area contributed by atoms with Gasteiger partial charge in [-0.2, -0.15) is 0 Å². The van der Waals surface area contributed by atoms with Crippen LogP contribution in [0.4, 0.5) is 8.78 Å². The van der Waals surface area contributed by atoms with Crippen LogP contribution in [0.1, 0.15) is 19.4 Å². The van der Waals surface area contributed by atoms with Crippen LogP contribution in [0.2, 0.25) is 0 Å². The Kier molecular flexibility index (Phi) is 6.49. The first-order chi connectivity index (χ1) is 13.7. The van der Waals surface area contributed by atoms with Gasteiger partial charge in [-0.3, -0.25) is 4.79 Å². The lowest BCUT2D eigenvalue weighted by atomic mass is 9.96. The average Bonchev–Trinajstić information content (AvgIpc) is 2.92. The van der Waals surface area contributed by atoms with Crippen molar-refractivity contribution in [2.24, 2.45) is 5.92 Å². The fraction of sp³-hybridized carbons (Fsp3) is 0.409. The van der Waals surface area contributed by atoms with Crippen molar-refractivity contribution in [3.8, 4) is 11.1 Å². The Bertz CT molecular complexity index is 889. The van der Waals surface area contributed by atoms with Crippen LogP contribution < -0.4 is 4.72 Å². The summed E-state index contributed by atoms with van der Waals surface area (Å²) in [4.78, 5) is 13.9. The molecule has 1 N–H and O–H groups in total. The molecule has 0 bridgehead atoms. The van der Waals surface area contributed by atoms with Crippen molar-refractivity contribution in [3.63, 3.8) is 0 Å². The topological polar surface area (TPSA) is 49.4 Å². The van der Waals surface area contributed by atoms with Crippen molar-refractivity contribution in [3.05, 3.63) is 60.2 Å². The molecule has 4 nitrogen and oxygen atoms in total. The minimum absolute atomic E-state index is 0.254. The minimum Gasteiger partial charge on any atom is -0.331 e. The summed E-state index contributed by atoms with van der Waals surface area (Å²) < 4.78 is 43.7. The zero-order chi connectivity index (χ0) is 21.2. The van der Waals surface area contributed by atoms with Crippen LogP contribution in [0.5, 0.6) is 0 Å². The van der Waals surface area contributed by atoms with Gasteiger partial charge in [-0.15, -0.1) is 0 Å². The van der Waals surface area contributed by atoms with Crippen molar-refractivity contribution in [1.82, 2.24) is 9.62 Å². The number of alkyl halides is 2. The van der Waals surface area contributed by atoms with Crippen molar-refractivity contribution in [2.75, 3.05) is 12.8 Å². The summed E-state index contributed by atoms with van der Waals surface area (Å²) in [6.07, 6.45) is 1.58.